The van der Waals surface area contributed by atoms with Gasteiger partial charge in [0, 0.05) is 19.5 Å². The van der Waals surface area contributed by atoms with Gasteiger partial charge in [-0.2, -0.15) is 0 Å². The fourth-order valence-corrected chi connectivity index (χ4v) is 0. The van der Waals surface area contributed by atoms with Gasteiger partial charge in [-0.05, 0) is 0 Å². The minimum atomic E-state index is 0. The maximum absolute atomic E-state index is 3.06. The minimum absolute atomic E-state index is 0. The normalized spacial score (nSPS) is 2.73. The monoisotopic (exact) mass is 529 g/mol. The van der Waals surface area contributed by atoms with Crippen LogP contribution in [-0.4, -0.2) is 0 Å². The first-order valence-corrected chi connectivity index (χ1v) is 6.94. The van der Waals surface area contributed by atoms with Gasteiger partial charge >= 0.3 is 0 Å². The second kappa shape index (κ2) is 206. The van der Waals surface area contributed by atoms with Gasteiger partial charge in [-0.1, -0.05) is 0 Å². The largest absolute Gasteiger partial charge is 0.323 e. The molecule has 0 N–H and O–H groups in total. The summed E-state index contributed by atoms with van der Waals surface area (Å²) in [6, 6.07) is 0. The zero-order chi connectivity index (χ0) is 10.0. The molecule has 0 fully saturated rings. The van der Waals surface area contributed by atoms with E-state index in [9.17, 15) is 0 Å². The van der Waals surface area contributed by atoms with Gasteiger partial charge in [0.2, 0.25) is 0 Å². The van der Waals surface area contributed by atoms with Crippen molar-refractivity contribution >= 4 is 79.6 Å². The van der Waals surface area contributed by atoms with E-state index in [2.05, 4.69) is 109 Å². The number of hydrogen-bond donors (Lipinski definition) is 0. The van der Waals surface area contributed by atoms with Gasteiger partial charge in [-0.25, -0.2) is 0 Å². The van der Waals surface area contributed by atoms with Crippen LogP contribution in [0.25, 0.3) is 0 Å². The minimum Gasteiger partial charge on any atom is -0.323 e. The van der Waals surface area contributed by atoms with E-state index in [1.807, 2.05) is 0 Å². The molecule has 0 radical (unpaired) electrons. The van der Waals surface area contributed by atoms with Crippen LogP contribution in [0.15, 0.2) is 0 Å². The van der Waals surface area contributed by atoms with E-state index in [0.29, 0.717) is 0 Å². The van der Waals surface area contributed by atoms with Crippen molar-refractivity contribution in [2.75, 3.05) is 0 Å². The first-order chi connectivity index (χ1) is 5.00. The molecule has 0 bridgehead atoms. The fraction of sp³-hybridized carbons (Fsp3) is 0. The Morgan fingerprint density at radius 1 is 0.364 bits per heavy atom. The Labute approximate surface area is 126 Å². The summed E-state index contributed by atoms with van der Waals surface area (Å²) in [6.07, 6.45) is 0. The van der Waals surface area contributed by atoms with Crippen molar-refractivity contribution in [2.24, 2.45) is 0 Å². The Morgan fingerprint density at radius 2 is 0.364 bits per heavy atom. The Balaban J connectivity index is -0.00000000694. The Kier molecular flexibility index (Phi) is 692. The summed E-state index contributed by atoms with van der Waals surface area (Å²) in [5, 5.41) is 0. The van der Waals surface area contributed by atoms with Crippen LogP contribution in [0.4, 0.5) is 0 Å². The molecule has 11 heavy (non-hydrogen) atoms. The third-order valence-corrected chi connectivity index (χ3v) is 0. The molecule has 0 saturated heterocycles. The quantitative estimate of drug-likeness (QED) is 0.270. The van der Waals surface area contributed by atoms with E-state index in [4.69, 9.17) is 0 Å². The SMILES string of the molecule is [CH2-]Br.[CH2-]Br.[CH2-]Br.[CH2-]Br.[CH2-]Br.[Zn]. The van der Waals surface area contributed by atoms with Crippen LogP contribution in [0, 0.1) is 29.2 Å². The van der Waals surface area contributed by atoms with E-state index in [1.54, 1.807) is 0 Å². The zero-order valence-corrected chi connectivity index (χ0v) is 17.0. The standard InChI is InChI=1S/5CH2Br.Zn/c5*1-2;/h5*1H2;/q5*-1;. The van der Waals surface area contributed by atoms with Crippen LogP contribution in [0.2, 0.25) is 0 Å². The number of hydrogen-bond acceptors (Lipinski definition) is 0. The summed E-state index contributed by atoms with van der Waals surface area (Å²) in [7, 11) is 0. The molecule has 0 aromatic heterocycles. The van der Waals surface area contributed by atoms with E-state index >= 15 is 0 Å². The van der Waals surface area contributed by atoms with E-state index in [0.717, 1.165) is 0 Å². The summed E-state index contributed by atoms with van der Waals surface area (Å²) in [4.78, 5) is 0. The van der Waals surface area contributed by atoms with E-state index in [-0.39, 0.29) is 19.5 Å². The summed E-state index contributed by atoms with van der Waals surface area (Å²) in [5.74, 6) is 15.3. The second-order valence-electron chi connectivity index (χ2n) is 0. The molecular weight excluding hydrogens is 525 g/mol. The molecule has 0 aliphatic heterocycles. The van der Waals surface area contributed by atoms with Crippen molar-refractivity contribution in [3.8, 4) is 0 Å². The van der Waals surface area contributed by atoms with Crippen LogP contribution in [0.3, 0.4) is 0 Å². The summed E-state index contributed by atoms with van der Waals surface area (Å²) >= 11 is 13.4. The van der Waals surface area contributed by atoms with Crippen molar-refractivity contribution in [3.63, 3.8) is 0 Å². The average molecular weight is 535 g/mol. The van der Waals surface area contributed by atoms with Crippen LogP contribution < -0.4 is 0 Å². The van der Waals surface area contributed by atoms with Gasteiger partial charge in [-0.3, -0.25) is 29.2 Å². The summed E-state index contributed by atoms with van der Waals surface area (Å²) in [5.41, 5.74) is 0. The average Bonchev–Trinajstić information content (AvgIpc) is 2.20. The molecular formula is C5H10Br5Zn-5. The van der Waals surface area contributed by atoms with Crippen LogP contribution in [0.5, 0.6) is 0 Å². The van der Waals surface area contributed by atoms with Crippen molar-refractivity contribution in [1.29, 1.82) is 0 Å². The first kappa shape index (κ1) is 36.9. The van der Waals surface area contributed by atoms with Gasteiger partial charge < -0.3 is 79.6 Å². The van der Waals surface area contributed by atoms with Crippen LogP contribution in [0.1, 0.15) is 0 Å². The number of rotatable bonds is 0. The molecule has 6 heteroatoms. The molecule has 0 atom stereocenters. The van der Waals surface area contributed by atoms with Crippen molar-refractivity contribution in [2.45, 2.75) is 0 Å². The number of halogens is 5. The third-order valence-electron chi connectivity index (χ3n) is 0. The van der Waals surface area contributed by atoms with Gasteiger partial charge in [-0.15, -0.1) is 0 Å². The topological polar surface area (TPSA) is 0 Å². The Bertz CT molecular complexity index is 14.8. The molecule has 0 rings (SSSR count). The molecule has 0 nitrogen and oxygen atoms in total. The van der Waals surface area contributed by atoms with Gasteiger partial charge in [0.1, 0.15) is 0 Å². The maximum Gasteiger partial charge on any atom is 0 e. The molecule has 0 aromatic rings. The van der Waals surface area contributed by atoms with Crippen molar-refractivity contribution < 1.29 is 19.5 Å². The zero-order valence-electron chi connectivity index (χ0n) is 6.13. The van der Waals surface area contributed by atoms with Crippen molar-refractivity contribution in [3.05, 3.63) is 29.2 Å². The molecule has 0 amide bonds. The van der Waals surface area contributed by atoms with E-state index < -0.39 is 0 Å². The molecule has 0 unspecified atom stereocenters. The van der Waals surface area contributed by atoms with Gasteiger partial charge in [0.05, 0.1) is 0 Å². The molecule has 0 aromatic carbocycles. The smallest absolute Gasteiger partial charge is 0 e. The van der Waals surface area contributed by atoms with E-state index in [1.165, 1.54) is 0 Å². The third kappa shape index (κ3) is 173. The Hall–Kier alpha value is 3.02. The van der Waals surface area contributed by atoms with Crippen LogP contribution >= 0.6 is 79.6 Å². The molecule has 0 spiro atoms. The van der Waals surface area contributed by atoms with Crippen molar-refractivity contribution in [1.82, 2.24) is 0 Å². The molecule has 72 valence electrons. The fourth-order valence-electron chi connectivity index (χ4n) is 0. The molecule has 0 saturated carbocycles. The van der Waals surface area contributed by atoms with Crippen LogP contribution in [-0.2, 0) is 19.5 Å². The molecule has 0 aliphatic rings. The summed E-state index contributed by atoms with van der Waals surface area (Å²) < 4.78 is 0. The predicted octanol–water partition coefficient (Wildman–Crippen LogP) is 5.86. The second-order valence-corrected chi connectivity index (χ2v) is 0. The first-order valence-electron chi connectivity index (χ1n) is 1.34. The maximum atomic E-state index is 3.06. The molecule has 0 aliphatic carbocycles. The predicted molar refractivity (Wildman–Crippen MR) is 71.4 cm³/mol. The van der Waals surface area contributed by atoms with Gasteiger partial charge in [0.15, 0.2) is 0 Å². The molecule has 0 heterocycles. The summed E-state index contributed by atoms with van der Waals surface area (Å²) in [6.45, 7) is 0. The Morgan fingerprint density at radius 3 is 0.364 bits per heavy atom. The van der Waals surface area contributed by atoms with Gasteiger partial charge in [0.25, 0.3) is 0 Å².